The van der Waals surface area contributed by atoms with Crippen molar-refractivity contribution >= 4 is 11.9 Å². The summed E-state index contributed by atoms with van der Waals surface area (Å²) in [5.41, 5.74) is 5.27. The van der Waals surface area contributed by atoms with Crippen molar-refractivity contribution in [3.05, 3.63) is 0 Å². The first kappa shape index (κ1) is 17.0. The molecule has 1 aliphatic heterocycles. The summed E-state index contributed by atoms with van der Waals surface area (Å²) >= 11 is 0. The molecule has 5 nitrogen and oxygen atoms in total. The Morgan fingerprint density at radius 2 is 1.85 bits per heavy atom. The summed E-state index contributed by atoms with van der Waals surface area (Å²) in [6.07, 6.45) is 5.33. The van der Waals surface area contributed by atoms with Crippen LogP contribution in [0.4, 0.5) is 0 Å². The number of nitrogens with zero attached hydrogens (tertiary/aromatic N) is 1. The molecular formula is C15H28N2O3. The van der Waals surface area contributed by atoms with Crippen molar-refractivity contribution in [3.63, 3.8) is 0 Å². The second-order valence-corrected chi connectivity index (χ2v) is 5.91. The second-order valence-electron chi connectivity index (χ2n) is 5.91. The highest BCUT2D eigenvalue weighted by molar-refractivity contribution is 5.82. The third-order valence-electron chi connectivity index (χ3n) is 4.40. The number of carbonyl (C=O) groups is 2. The normalized spacial score (nSPS) is 19.6. The maximum Gasteiger partial charge on any atom is 0.309 e. The molecule has 1 amide bonds. The van der Waals surface area contributed by atoms with E-state index in [2.05, 4.69) is 6.92 Å². The van der Waals surface area contributed by atoms with Crippen LogP contribution in [0.25, 0.3) is 0 Å². The van der Waals surface area contributed by atoms with Crippen molar-refractivity contribution in [2.75, 3.05) is 13.1 Å². The minimum absolute atomic E-state index is 0.0195. The largest absolute Gasteiger partial charge is 0.481 e. The molecule has 0 radical (unpaired) electrons. The van der Waals surface area contributed by atoms with Crippen molar-refractivity contribution < 1.29 is 14.7 Å². The zero-order valence-electron chi connectivity index (χ0n) is 12.7. The first-order chi connectivity index (χ1) is 9.46. The van der Waals surface area contributed by atoms with Gasteiger partial charge in [-0.15, -0.1) is 0 Å². The molecule has 1 atom stereocenters. The molecule has 20 heavy (non-hydrogen) atoms. The van der Waals surface area contributed by atoms with Gasteiger partial charge in [-0.2, -0.15) is 0 Å². The number of piperidine rings is 1. The number of nitrogens with two attached hydrogens (primary N) is 1. The summed E-state index contributed by atoms with van der Waals surface area (Å²) < 4.78 is 0. The van der Waals surface area contributed by atoms with Gasteiger partial charge in [0.25, 0.3) is 0 Å². The summed E-state index contributed by atoms with van der Waals surface area (Å²) in [6.45, 7) is 5.11. The topological polar surface area (TPSA) is 83.6 Å². The molecule has 1 rings (SSSR count). The highest BCUT2D eigenvalue weighted by Gasteiger charge is 2.41. The Morgan fingerprint density at radius 1 is 1.25 bits per heavy atom. The zero-order valence-corrected chi connectivity index (χ0v) is 12.7. The molecule has 0 aromatic carbocycles. The van der Waals surface area contributed by atoms with Crippen molar-refractivity contribution in [2.45, 2.75) is 64.8 Å². The number of carboxylic acids is 1. The minimum atomic E-state index is -0.721. The van der Waals surface area contributed by atoms with Crippen LogP contribution in [-0.2, 0) is 9.59 Å². The van der Waals surface area contributed by atoms with Crippen LogP contribution in [0.5, 0.6) is 0 Å². The Labute approximate surface area is 121 Å². The fourth-order valence-corrected chi connectivity index (χ4v) is 2.99. The van der Waals surface area contributed by atoms with Gasteiger partial charge in [-0.1, -0.05) is 33.1 Å². The summed E-state index contributed by atoms with van der Waals surface area (Å²) in [7, 11) is 0. The number of likely N-dealkylation sites (tertiary alicyclic amines) is 1. The maximum atomic E-state index is 12.2. The molecule has 1 aliphatic rings. The minimum Gasteiger partial charge on any atom is -0.481 e. The van der Waals surface area contributed by atoms with E-state index in [0.717, 1.165) is 19.3 Å². The van der Waals surface area contributed by atoms with Crippen LogP contribution in [0.15, 0.2) is 0 Å². The highest BCUT2D eigenvalue weighted by atomic mass is 16.4. The summed E-state index contributed by atoms with van der Waals surface area (Å²) in [5.74, 6) is -0.740. The summed E-state index contributed by atoms with van der Waals surface area (Å²) in [5, 5.41) is 9.44. The molecule has 0 aromatic heterocycles. The third kappa shape index (κ3) is 3.95. The van der Waals surface area contributed by atoms with Gasteiger partial charge in [-0.3, -0.25) is 9.59 Å². The van der Waals surface area contributed by atoms with Gasteiger partial charge in [0.1, 0.15) is 0 Å². The number of rotatable bonds is 7. The molecule has 0 spiro atoms. The Balaban J connectivity index is 2.56. The van der Waals surface area contributed by atoms with Crippen LogP contribution in [0, 0.1) is 5.41 Å². The molecule has 1 fully saturated rings. The molecule has 0 saturated carbocycles. The molecule has 1 saturated heterocycles. The van der Waals surface area contributed by atoms with E-state index in [0.29, 0.717) is 38.8 Å². The second kappa shape index (κ2) is 7.62. The zero-order chi connectivity index (χ0) is 15.2. The van der Waals surface area contributed by atoms with Crippen molar-refractivity contribution in [1.29, 1.82) is 0 Å². The first-order valence-corrected chi connectivity index (χ1v) is 7.74. The maximum absolute atomic E-state index is 12.2. The monoisotopic (exact) mass is 284 g/mol. The fourth-order valence-electron chi connectivity index (χ4n) is 2.99. The van der Waals surface area contributed by atoms with Crippen LogP contribution in [-0.4, -0.2) is 41.0 Å². The molecule has 3 N–H and O–H groups in total. The van der Waals surface area contributed by atoms with Gasteiger partial charge in [-0.25, -0.2) is 0 Å². The highest BCUT2D eigenvalue weighted by Crippen LogP contribution is 2.36. The van der Waals surface area contributed by atoms with E-state index in [1.165, 1.54) is 0 Å². The molecule has 5 heteroatoms. The average Bonchev–Trinajstić information content (AvgIpc) is 2.44. The number of carboxylic acid groups (broad SMARTS) is 1. The Hall–Kier alpha value is -1.10. The van der Waals surface area contributed by atoms with E-state index in [9.17, 15) is 14.7 Å². The predicted octanol–water partition coefficient (Wildman–Crippen LogP) is 2.00. The van der Waals surface area contributed by atoms with E-state index >= 15 is 0 Å². The standard InChI is InChI=1S/C15H28N2O3/c1-3-5-6-12(16)13(18)17-10-8-15(7-4-2,9-11-17)14(19)20/h12H,3-11,16H2,1-2H3,(H,19,20)/t12-/m0/s1. The number of unbranched alkanes of at least 4 members (excludes halogenated alkanes) is 1. The Kier molecular flexibility index (Phi) is 6.46. The lowest BCUT2D eigenvalue weighted by molar-refractivity contribution is -0.155. The van der Waals surface area contributed by atoms with Crippen LogP contribution in [0.1, 0.15) is 58.8 Å². The smallest absolute Gasteiger partial charge is 0.309 e. The predicted molar refractivity (Wildman–Crippen MR) is 78.3 cm³/mol. The van der Waals surface area contributed by atoms with Gasteiger partial charge in [-0.05, 0) is 25.7 Å². The quantitative estimate of drug-likeness (QED) is 0.749. The van der Waals surface area contributed by atoms with Crippen molar-refractivity contribution in [2.24, 2.45) is 11.1 Å². The number of hydrogen-bond donors (Lipinski definition) is 2. The van der Waals surface area contributed by atoms with Crippen LogP contribution < -0.4 is 5.73 Å². The van der Waals surface area contributed by atoms with E-state index in [1.807, 2.05) is 6.92 Å². The summed E-state index contributed by atoms with van der Waals surface area (Å²) in [6, 6.07) is -0.432. The summed E-state index contributed by atoms with van der Waals surface area (Å²) in [4.78, 5) is 25.4. The Bertz CT molecular complexity index is 336. The van der Waals surface area contributed by atoms with Crippen molar-refractivity contribution in [3.8, 4) is 0 Å². The van der Waals surface area contributed by atoms with Gasteiger partial charge < -0.3 is 15.7 Å². The first-order valence-electron chi connectivity index (χ1n) is 7.74. The van der Waals surface area contributed by atoms with Gasteiger partial charge in [0.15, 0.2) is 0 Å². The van der Waals surface area contributed by atoms with Crippen LogP contribution in [0.2, 0.25) is 0 Å². The number of aliphatic carboxylic acids is 1. The van der Waals surface area contributed by atoms with Gasteiger partial charge in [0, 0.05) is 13.1 Å². The van der Waals surface area contributed by atoms with Gasteiger partial charge >= 0.3 is 5.97 Å². The molecule has 116 valence electrons. The van der Waals surface area contributed by atoms with Crippen LogP contribution in [0.3, 0.4) is 0 Å². The van der Waals surface area contributed by atoms with E-state index in [4.69, 9.17) is 5.73 Å². The molecule has 1 heterocycles. The molecular weight excluding hydrogens is 256 g/mol. The van der Waals surface area contributed by atoms with E-state index in [1.54, 1.807) is 4.90 Å². The SMILES string of the molecule is CCCC[C@H](N)C(=O)N1CCC(CCC)(C(=O)O)CC1. The van der Waals surface area contributed by atoms with Crippen molar-refractivity contribution in [1.82, 2.24) is 4.90 Å². The lowest BCUT2D eigenvalue weighted by Gasteiger charge is -2.39. The van der Waals surface area contributed by atoms with Gasteiger partial charge in [0.2, 0.25) is 5.91 Å². The third-order valence-corrected chi connectivity index (χ3v) is 4.40. The number of carbonyl (C=O) groups excluding carboxylic acids is 1. The Morgan fingerprint density at radius 3 is 2.30 bits per heavy atom. The van der Waals surface area contributed by atoms with Crippen LogP contribution >= 0.6 is 0 Å². The molecule has 0 unspecified atom stereocenters. The fraction of sp³-hybridized carbons (Fsp3) is 0.867. The average molecular weight is 284 g/mol. The lowest BCUT2D eigenvalue weighted by atomic mass is 9.75. The van der Waals surface area contributed by atoms with E-state index < -0.39 is 17.4 Å². The molecule has 0 bridgehead atoms. The van der Waals surface area contributed by atoms with E-state index in [-0.39, 0.29) is 5.91 Å². The number of hydrogen-bond acceptors (Lipinski definition) is 3. The molecule has 0 aromatic rings. The van der Waals surface area contributed by atoms with Gasteiger partial charge in [0.05, 0.1) is 11.5 Å². The lowest BCUT2D eigenvalue weighted by Crippen LogP contribution is -2.51. The molecule has 0 aliphatic carbocycles. The number of amides is 1.